The van der Waals surface area contributed by atoms with Crippen LogP contribution in [0.1, 0.15) is 20.3 Å². The first-order valence-corrected chi connectivity index (χ1v) is 7.68. The molecule has 1 aromatic carbocycles. The molecule has 0 saturated heterocycles. The lowest BCUT2D eigenvalue weighted by Gasteiger charge is -2.12. The van der Waals surface area contributed by atoms with Gasteiger partial charge in [0, 0.05) is 12.2 Å². The van der Waals surface area contributed by atoms with Gasteiger partial charge in [-0.25, -0.2) is 13.1 Å². The topological polar surface area (TPSA) is 81.4 Å². The minimum absolute atomic E-state index is 0.0912. The summed E-state index contributed by atoms with van der Waals surface area (Å²) in [6.45, 7) is 4.72. The molecule has 5 nitrogen and oxygen atoms in total. The molecule has 1 saturated carbocycles. The smallest absolute Gasteiger partial charge is 0.244 e. The Balaban J connectivity index is 2.17. The van der Waals surface area contributed by atoms with E-state index in [-0.39, 0.29) is 10.3 Å². The van der Waals surface area contributed by atoms with Crippen LogP contribution in [0.3, 0.4) is 0 Å². The van der Waals surface area contributed by atoms with Crippen molar-refractivity contribution in [3.63, 3.8) is 0 Å². The molecule has 0 aliphatic heterocycles. The van der Waals surface area contributed by atoms with Crippen LogP contribution in [0.15, 0.2) is 23.1 Å². The summed E-state index contributed by atoms with van der Waals surface area (Å²) in [6.07, 6.45) is 1.05. The van der Waals surface area contributed by atoms with E-state index in [9.17, 15) is 8.42 Å². The summed E-state index contributed by atoms with van der Waals surface area (Å²) in [5.41, 5.74) is 6.28. The van der Waals surface area contributed by atoms with Gasteiger partial charge in [0.1, 0.15) is 10.6 Å². The van der Waals surface area contributed by atoms with Crippen LogP contribution in [0.2, 0.25) is 0 Å². The van der Waals surface area contributed by atoms with Crippen LogP contribution in [-0.4, -0.2) is 22.1 Å². The van der Waals surface area contributed by atoms with E-state index >= 15 is 0 Å². The van der Waals surface area contributed by atoms with Gasteiger partial charge in [0.2, 0.25) is 10.0 Å². The first-order valence-electron chi connectivity index (χ1n) is 6.19. The molecule has 1 aromatic rings. The van der Waals surface area contributed by atoms with Crippen molar-refractivity contribution in [2.75, 3.05) is 19.4 Å². The number of methoxy groups -OCH3 is 1. The van der Waals surface area contributed by atoms with Crippen molar-refractivity contribution in [2.45, 2.75) is 25.2 Å². The number of nitrogens with two attached hydrogens (primary N) is 1. The zero-order valence-corrected chi connectivity index (χ0v) is 12.3. The van der Waals surface area contributed by atoms with Gasteiger partial charge in [-0.3, -0.25) is 0 Å². The van der Waals surface area contributed by atoms with Crippen molar-refractivity contribution in [2.24, 2.45) is 11.3 Å². The SMILES string of the molecule is COc1ccc(N)cc1S(=O)(=O)NCC1CC1(C)C. The quantitative estimate of drug-likeness (QED) is 0.805. The molecule has 6 heteroatoms. The van der Waals surface area contributed by atoms with E-state index in [0.717, 1.165) is 6.42 Å². The molecule has 0 bridgehead atoms. The molecule has 1 fully saturated rings. The van der Waals surface area contributed by atoms with Crippen LogP contribution < -0.4 is 15.2 Å². The van der Waals surface area contributed by atoms with E-state index in [1.165, 1.54) is 13.2 Å². The van der Waals surface area contributed by atoms with Gasteiger partial charge in [-0.05, 0) is 36.0 Å². The number of hydrogen-bond acceptors (Lipinski definition) is 4. The highest BCUT2D eigenvalue weighted by molar-refractivity contribution is 7.89. The molecule has 1 aliphatic carbocycles. The van der Waals surface area contributed by atoms with Gasteiger partial charge < -0.3 is 10.5 Å². The summed E-state index contributed by atoms with van der Waals surface area (Å²) in [5.74, 6) is 0.700. The fourth-order valence-corrected chi connectivity index (χ4v) is 3.40. The molecule has 3 N–H and O–H groups in total. The number of hydrogen-bond donors (Lipinski definition) is 2. The maximum Gasteiger partial charge on any atom is 0.244 e. The molecular weight excluding hydrogens is 264 g/mol. The highest BCUT2D eigenvalue weighted by Gasteiger charge is 2.45. The summed E-state index contributed by atoms with van der Waals surface area (Å²) in [5, 5.41) is 0. The zero-order chi connectivity index (χ0) is 14.3. The van der Waals surface area contributed by atoms with E-state index in [0.29, 0.717) is 23.9 Å². The second-order valence-corrected chi connectivity index (χ2v) is 7.39. The van der Waals surface area contributed by atoms with Gasteiger partial charge in [0.25, 0.3) is 0 Å². The number of ether oxygens (including phenoxy) is 1. The molecular formula is C13H20N2O3S. The van der Waals surface area contributed by atoms with Crippen LogP contribution in [-0.2, 0) is 10.0 Å². The normalized spacial score (nSPS) is 21.1. The Morgan fingerprint density at radius 1 is 1.47 bits per heavy atom. The van der Waals surface area contributed by atoms with Gasteiger partial charge in [-0.15, -0.1) is 0 Å². The highest BCUT2D eigenvalue weighted by Crippen LogP contribution is 2.51. The molecule has 106 valence electrons. The van der Waals surface area contributed by atoms with Crippen molar-refractivity contribution in [3.05, 3.63) is 18.2 Å². The van der Waals surface area contributed by atoms with Gasteiger partial charge in [0.15, 0.2) is 0 Å². The number of benzene rings is 1. The third-order valence-corrected chi connectivity index (χ3v) is 5.16. The molecule has 0 aromatic heterocycles. The van der Waals surface area contributed by atoms with Crippen LogP contribution >= 0.6 is 0 Å². The van der Waals surface area contributed by atoms with E-state index in [1.54, 1.807) is 12.1 Å². The number of nitrogen functional groups attached to an aromatic ring is 1. The summed E-state index contributed by atoms with van der Waals surface area (Å²) >= 11 is 0. The lowest BCUT2D eigenvalue weighted by molar-refractivity contribution is 0.402. The van der Waals surface area contributed by atoms with Crippen LogP contribution in [0.5, 0.6) is 5.75 Å². The third kappa shape index (κ3) is 3.01. The van der Waals surface area contributed by atoms with E-state index in [1.807, 2.05) is 0 Å². The third-order valence-electron chi connectivity index (χ3n) is 3.71. The van der Waals surface area contributed by atoms with Crippen molar-refractivity contribution < 1.29 is 13.2 Å². The Labute approximate surface area is 114 Å². The van der Waals surface area contributed by atoms with Gasteiger partial charge >= 0.3 is 0 Å². The molecule has 0 radical (unpaired) electrons. The standard InChI is InChI=1S/C13H20N2O3S/c1-13(2)7-9(13)8-15-19(16,17)12-6-10(14)4-5-11(12)18-3/h4-6,9,15H,7-8,14H2,1-3H3. The average molecular weight is 284 g/mol. The summed E-state index contributed by atoms with van der Waals surface area (Å²) in [7, 11) is -2.15. The predicted molar refractivity (Wildman–Crippen MR) is 74.5 cm³/mol. The lowest BCUT2D eigenvalue weighted by Crippen LogP contribution is -2.27. The monoisotopic (exact) mass is 284 g/mol. The maximum absolute atomic E-state index is 12.3. The fraction of sp³-hybridized carbons (Fsp3) is 0.538. The highest BCUT2D eigenvalue weighted by atomic mass is 32.2. The van der Waals surface area contributed by atoms with Crippen LogP contribution in [0, 0.1) is 11.3 Å². The molecule has 0 spiro atoms. The Kier molecular flexibility index (Phi) is 3.49. The Hall–Kier alpha value is -1.27. The second kappa shape index (κ2) is 4.68. The number of nitrogens with one attached hydrogen (secondary N) is 1. The Bertz CT molecular complexity index is 582. The average Bonchev–Trinajstić information content (AvgIpc) is 2.95. The summed E-state index contributed by atoms with van der Waals surface area (Å²) in [6, 6.07) is 4.59. The Morgan fingerprint density at radius 3 is 2.63 bits per heavy atom. The van der Waals surface area contributed by atoms with Gasteiger partial charge in [0.05, 0.1) is 7.11 Å². The van der Waals surface area contributed by atoms with Crippen molar-refractivity contribution in [3.8, 4) is 5.75 Å². The summed E-state index contributed by atoms with van der Waals surface area (Å²) < 4.78 is 32.2. The number of sulfonamides is 1. The predicted octanol–water partition coefficient (Wildman–Crippen LogP) is 1.60. The fourth-order valence-electron chi connectivity index (χ4n) is 2.12. The van der Waals surface area contributed by atoms with Crippen LogP contribution in [0.4, 0.5) is 5.69 Å². The lowest BCUT2D eigenvalue weighted by atomic mass is 10.1. The zero-order valence-electron chi connectivity index (χ0n) is 11.4. The van der Waals surface area contributed by atoms with Crippen molar-refractivity contribution in [1.82, 2.24) is 4.72 Å². The van der Waals surface area contributed by atoms with Crippen molar-refractivity contribution >= 4 is 15.7 Å². The summed E-state index contributed by atoms with van der Waals surface area (Å²) in [4.78, 5) is 0.0912. The Morgan fingerprint density at radius 2 is 2.11 bits per heavy atom. The number of anilines is 1. The number of rotatable bonds is 5. The van der Waals surface area contributed by atoms with E-state index in [4.69, 9.17) is 10.5 Å². The second-order valence-electron chi connectivity index (χ2n) is 5.65. The molecule has 0 amide bonds. The van der Waals surface area contributed by atoms with Crippen LogP contribution in [0.25, 0.3) is 0 Å². The largest absolute Gasteiger partial charge is 0.495 e. The minimum Gasteiger partial charge on any atom is -0.495 e. The maximum atomic E-state index is 12.3. The molecule has 2 rings (SSSR count). The molecule has 1 atom stereocenters. The minimum atomic E-state index is -3.59. The molecule has 1 aliphatic rings. The molecule has 0 heterocycles. The van der Waals surface area contributed by atoms with Gasteiger partial charge in [-0.1, -0.05) is 13.8 Å². The van der Waals surface area contributed by atoms with Crippen molar-refractivity contribution in [1.29, 1.82) is 0 Å². The first kappa shape index (κ1) is 14.1. The molecule has 1 unspecified atom stereocenters. The van der Waals surface area contributed by atoms with E-state index in [2.05, 4.69) is 18.6 Å². The van der Waals surface area contributed by atoms with E-state index < -0.39 is 10.0 Å². The molecule has 19 heavy (non-hydrogen) atoms. The first-order chi connectivity index (χ1) is 8.76. The van der Waals surface area contributed by atoms with Gasteiger partial charge in [-0.2, -0.15) is 0 Å².